The van der Waals surface area contributed by atoms with Gasteiger partial charge in [0.25, 0.3) is 5.91 Å². The lowest BCUT2D eigenvalue weighted by atomic mass is 9.87. The number of aliphatic hydroxyl groups is 1. The number of morpholine rings is 1. The number of nitrogens with two attached hydrogens (primary N) is 1. The third-order valence-corrected chi connectivity index (χ3v) is 6.22. The van der Waals surface area contributed by atoms with Gasteiger partial charge in [0.05, 0.1) is 31.5 Å². The molecule has 1 amide bonds. The first kappa shape index (κ1) is 33.9. The summed E-state index contributed by atoms with van der Waals surface area (Å²) in [5.74, 6) is 0.909. The molecule has 3 atom stereocenters. The molecule has 4 N–H and O–H groups in total. The number of unbranched alkanes of at least 4 members (excludes halogenated alkanes) is 1. The summed E-state index contributed by atoms with van der Waals surface area (Å²) in [6, 6.07) is 6.96. The zero-order valence-corrected chi connectivity index (χ0v) is 23.0. The number of carbonyl (C=O) groups excluding carboxylic acids is 1. The summed E-state index contributed by atoms with van der Waals surface area (Å²) in [5, 5.41) is 13.7. The molecule has 1 aliphatic heterocycles. The normalized spacial score (nSPS) is 16.5. The first-order valence-corrected chi connectivity index (χ1v) is 12.1. The quantitative estimate of drug-likeness (QED) is 0.295. The van der Waals surface area contributed by atoms with E-state index in [2.05, 4.69) is 24.1 Å². The summed E-state index contributed by atoms with van der Waals surface area (Å²) in [7, 11) is 1.68. The highest BCUT2D eigenvalue weighted by Gasteiger charge is 2.25. The number of rotatable bonds is 15. The summed E-state index contributed by atoms with van der Waals surface area (Å²) in [6.07, 6.45) is 1.82. The number of nitrogens with one attached hydrogen (secondary N) is 1. The zero-order chi connectivity index (χ0) is 24.1. The van der Waals surface area contributed by atoms with E-state index in [-0.39, 0.29) is 42.7 Å². The van der Waals surface area contributed by atoms with Gasteiger partial charge in [0.15, 0.2) is 0 Å². The molecule has 0 radical (unpaired) electrons. The highest BCUT2D eigenvalue weighted by Crippen LogP contribution is 2.21. The number of amides is 1. The lowest BCUT2D eigenvalue weighted by Gasteiger charge is -2.32. The fourth-order valence-electron chi connectivity index (χ4n) is 3.91. The second kappa shape index (κ2) is 19.0. The number of β-amino-alcohol motifs (C(OH)–C–C–N with tert-alkyl or cyclic N) is 1. The van der Waals surface area contributed by atoms with Gasteiger partial charge in [-0.2, -0.15) is 0 Å². The Kier molecular flexibility index (Phi) is 18.4. The summed E-state index contributed by atoms with van der Waals surface area (Å²) in [4.78, 5) is 15.1. The summed E-state index contributed by atoms with van der Waals surface area (Å²) in [5.41, 5.74) is 6.89. The standard InChI is InChI=1S/C25H43N3O5.2ClH/c1-19(2)20(16-22(26)23(29)18-28-10-14-32-15-11-28)17-27-25(30)21-8-4-5-9-24(21)33-13-7-6-12-31-3;;/h4-5,8-9,19-20,22-23,29H,6-7,10-18,26H2,1-3H3,(H,27,30);2*1H. The van der Waals surface area contributed by atoms with Crippen molar-refractivity contribution in [1.29, 1.82) is 0 Å². The third-order valence-electron chi connectivity index (χ3n) is 6.22. The van der Waals surface area contributed by atoms with Gasteiger partial charge in [-0.25, -0.2) is 0 Å². The van der Waals surface area contributed by atoms with Crippen LogP contribution in [-0.4, -0.2) is 87.8 Å². The van der Waals surface area contributed by atoms with Crippen molar-refractivity contribution >= 4 is 30.7 Å². The first-order chi connectivity index (χ1) is 15.9. The maximum atomic E-state index is 12.9. The number of nitrogens with zero attached hydrogens (tertiary/aromatic N) is 1. The Morgan fingerprint density at radius 1 is 1.17 bits per heavy atom. The SMILES string of the molecule is COCCCCOc1ccccc1C(=O)NCC(CC(N)C(O)CN1CCOCC1)C(C)C.Cl.Cl. The molecule has 0 bridgehead atoms. The van der Waals surface area contributed by atoms with Gasteiger partial charge >= 0.3 is 0 Å². The predicted molar refractivity (Wildman–Crippen MR) is 144 cm³/mol. The largest absolute Gasteiger partial charge is 0.493 e. The van der Waals surface area contributed by atoms with Gasteiger partial charge in [0, 0.05) is 45.9 Å². The minimum absolute atomic E-state index is 0. The Morgan fingerprint density at radius 3 is 2.49 bits per heavy atom. The molecule has 0 aliphatic carbocycles. The Hall–Kier alpha value is -1.13. The number of benzene rings is 1. The van der Waals surface area contributed by atoms with E-state index in [1.807, 2.05) is 18.2 Å². The molecular weight excluding hydrogens is 493 g/mol. The van der Waals surface area contributed by atoms with E-state index in [9.17, 15) is 9.90 Å². The van der Waals surface area contributed by atoms with Gasteiger partial charge < -0.3 is 30.4 Å². The van der Waals surface area contributed by atoms with Gasteiger partial charge in [-0.1, -0.05) is 26.0 Å². The third kappa shape index (κ3) is 12.6. The molecule has 1 heterocycles. The number of hydrogen-bond acceptors (Lipinski definition) is 7. The monoisotopic (exact) mass is 537 g/mol. The Labute approximate surface area is 223 Å². The van der Waals surface area contributed by atoms with E-state index in [1.165, 1.54) is 0 Å². The summed E-state index contributed by atoms with van der Waals surface area (Å²) < 4.78 is 16.3. The molecule has 35 heavy (non-hydrogen) atoms. The van der Waals surface area contributed by atoms with E-state index < -0.39 is 6.10 Å². The van der Waals surface area contributed by atoms with E-state index in [4.69, 9.17) is 19.9 Å². The predicted octanol–water partition coefficient (Wildman–Crippen LogP) is 2.75. The average Bonchev–Trinajstić information content (AvgIpc) is 2.82. The molecule has 8 nitrogen and oxygen atoms in total. The number of hydrogen-bond donors (Lipinski definition) is 3. The Bertz CT molecular complexity index is 693. The molecule has 1 fully saturated rings. The van der Waals surface area contributed by atoms with Crippen molar-refractivity contribution in [2.75, 3.05) is 59.7 Å². The lowest BCUT2D eigenvalue weighted by Crippen LogP contribution is -2.48. The zero-order valence-electron chi connectivity index (χ0n) is 21.3. The van der Waals surface area contributed by atoms with Crippen molar-refractivity contribution in [2.24, 2.45) is 17.6 Å². The smallest absolute Gasteiger partial charge is 0.255 e. The highest BCUT2D eigenvalue weighted by atomic mass is 35.5. The van der Waals surface area contributed by atoms with Crippen LogP contribution in [0.2, 0.25) is 0 Å². The van der Waals surface area contributed by atoms with Crippen LogP contribution < -0.4 is 15.8 Å². The number of methoxy groups -OCH3 is 1. The number of para-hydroxylation sites is 1. The number of halogens is 2. The van der Waals surface area contributed by atoms with Crippen LogP contribution in [0.3, 0.4) is 0 Å². The van der Waals surface area contributed by atoms with Crippen molar-refractivity contribution in [3.63, 3.8) is 0 Å². The van der Waals surface area contributed by atoms with E-state index in [1.54, 1.807) is 13.2 Å². The molecule has 3 unspecified atom stereocenters. The second-order valence-electron chi connectivity index (χ2n) is 9.14. The van der Waals surface area contributed by atoms with Crippen LogP contribution >= 0.6 is 24.8 Å². The molecule has 0 aromatic heterocycles. The lowest BCUT2D eigenvalue weighted by molar-refractivity contribution is 0.00730. The number of ether oxygens (including phenoxy) is 3. The van der Waals surface area contributed by atoms with Crippen molar-refractivity contribution in [2.45, 2.75) is 45.3 Å². The van der Waals surface area contributed by atoms with Crippen molar-refractivity contribution in [3.8, 4) is 5.75 Å². The molecule has 1 aromatic rings. The minimum atomic E-state index is -0.604. The maximum Gasteiger partial charge on any atom is 0.255 e. The molecular formula is C25H45Cl2N3O5. The van der Waals surface area contributed by atoms with Crippen LogP contribution in [0.15, 0.2) is 24.3 Å². The summed E-state index contributed by atoms with van der Waals surface area (Å²) >= 11 is 0. The molecule has 0 spiro atoms. The maximum absolute atomic E-state index is 12.9. The molecule has 0 saturated carbocycles. The van der Waals surface area contributed by atoms with Gasteiger partial charge in [-0.05, 0) is 43.2 Å². The van der Waals surface area contributed by atoms with Crippen molar-refractivity contribution < 1.29 is 24.1 Å². The average molecular weight is 539 g/mol. The molecule has 10 heteroatoms. The van der Waals surface area contributed by atoms with Gasteiger partial charge in [-0.15, -0.1) is 24.8 Å². The van der Waals surface area contributed by atoms with Crippen LogP contribution in [0.5, 0.6) is 5.75 Å². The Morgan fingerprint density at radius 2 is 1.83 bits per heavy atom. The fraction of sp³-hybridized carbons (Fsp3) is 0.720. The summed E-state index contributed by atoms with van der Waals surface area (Å²) in [6.45, 7) is 9.56. The molecule has 1 saturated heterocycles. The van der Waals surface area contributed by atoms with E-state index in [0.717, 1.165) is 25.9 Å². The van der Waals surface area contributed by atoms with Crippen LogP contribution in [0, 0.1) is 11.8 Å². The van der Waals surface area contributed by atoms with Crippen LogP contribution in [0.1, 0.15) is 43.5 Å². The highest BCUT2D eigenvalue weighted by molar-refractivity contribution is 5.96. The van der Waals surface area contributed by atoms with E-state index >= 15 is 0 Å². The van der Waals surface area contributed by atoms with Gasteiger partial charge in [0.2, 0.25) is 0 Å². The van der Waals surface area contributed by atoms with Gasteiger partial charge in [0.1, 0.15) is 5.75 Å². The number of aliphatic hydroxyl groups excluding tert-OH is 1. The molecule has 2 rings (SSSR count). The fourth-order valence-corrected chi connectivity index (χ4v) is 3.91. The van der Waals surface area contributed by atoms with Crippen LogP contribution in [0.4, 0.5) is 0 Å². The molecule has 1 aromatic carbocycles. The van der Waals surface area contributed by atoms with Gasteiger partial charge in [-0.3, -0.25) is 9.69 Å². The van der Waals surface area contributed by atoms with Crippen LogP contribution in [-0.2, 0) is 9.47 Å². The second-order valence-corrected chi connectivity index (χ2v) is 9.14. The molecule has 204 valence electrons. The number of carbonyl (C=O) groups is 1. The van der Waals surface area contributed by atoms with Crippen molar-refractivity contribution in [3.05, 3.63) is 29.8 Å². The van der Waals surface area contributed by atoms with E-state index in [0.29, 0.717) is 63.2 Å². The molecule has 1 aliphatic rings. The van der Waals surface area contributed by atoms with Crippen LogP contribution in [0.25, 0.3) is 0 Å². The first-order valence-electron chi connectivity index (χ1n) is 12.1. The topological polar surface area (TPSA) is 106 Å². The Balaban J connectivity index is 0.00000578. The minimum Gasteiger partial charge on any atom is -0.493 e. The van der Waals surface area contributed by atoms with Crippen molar-refractivity contribution in [1.82, 2.24) is 10.2 Å².